The van der Waals surface area contributed by atoms with Crippen LogP contribution in [0.3, 0.4) is 0 Å². The maximum absolute atomic E-state index is 5.55. The van der Waals surface area contributed by atoms with Crippen molar-refractivity contribution in [2.75, 3.05) is 5.73 Å². The number of aryl methyl sites for hydroxylation is 1. The molecule has 2 aromatic rings. The lowest BCUT2D eigenvalue weighted by molar-refractivity contribution is 1.09. The first-order chi connectivity index (χ1) is 6.29. The van der Waals surface area contributed by atoms with Gasteiger partial charge in [-0.1, -0.05) is 18.3 Å². The Morgan fingerprint density at radius 3 is 2.46 bits per heavy atom. The van der Waals surface area contributed by atoms with Gasteiger partial charge in [0.05, 0.1) is 14.8 Å². The molecule has 0 bridgehead atoms. The third-order valence-corrected chi connectivity index (χ3v) is 3.79. The van der Waals surface area contributed by atoms with Crippen molar-refractivity contribution in [3.8, 4) is 9.75 Å². The van der Waals surface area contributed by atoms with Crippen molar-refractivity contribution in [1.82, 2.24) is 9.97 Å². The first-order valence-electron chi connectivity index (χ1n) is 3.96. The van der Waals surface area contributed by atoms with E-state index in [0.29, 0.717) is 5.13 Å². The Morgan fingerprint density at radius 1 is 1.23 bits per heavy atom. The highest BCUT2D eigenvalue weighted by Gasteiger charge is 2.05. The molecule has 0 radical (unpaired) electrons. The Labute approximate surface area is 84.3 Å². The van der Waals surface area contributed by atoms with Crippen molar-refractivity contribution >= 4 is 27.8 Å². The predicted octanol–water partition coefficient (Wildman–Crippen LogP) is 2.41. The molecule has 3 nitrogen and oxygen atoms in total. The van der Waals surface area contributed by atoms with E-state index in [1.807, 2.05) is 6.20 Å². The minimum atomic E-state index is 0.612. The third-order valence-electron chi connectivity index (χ3n) is 1.62. The maximum Gasteiger partial charge on any atom is 0.180 e. The van der Waals surface area contributed by atoms with Gasteiger partial charge in [-0.3, -0.25) is 0 Å². The number of nitrogen functional groups attached to an aromatic ring is 1. The van der Waals surface area contributed by atoms with E-state index in [-0.39, 0.29) is 0 Å². The number of anilines is 1. The van der Waals surface area contributed by atoms with Crippen LogP contribution < -0.4 is 5.73 Å². The van der Waals surface area contributed by atoms with Crippen molar-refractivity contribution < 1.29 is 0 Å². The van der Waals surface area contributed by atoms with Crippen LogP contribution in [0, 0.1) is 0 Å². The molecule has 0 aliphatic heterocycles. The van der Waals surface area contributed by atoms with Gasteiger partial charge >= 0.3 is 0 Å². The third kappa shape index (κ3) is 1.71. The molecule has 0 saturated heterocycles. The van der Waals surface area contributed by atoms with Crippen LogP contribution in [0.5, 0.6) is 0 Å². The Hall–Kier alpha value is -0.940. The van der Waals surface area contributed by atoms with Crippen LogP contribution in [-0.2, 0) is 6.42 Å². The largest absolute Gasteiger partial charge is 0.375 e. The Balaban J connectivity index is 2.35. The molecule has 0 unspecified atom stereocenters. The highest BCUT2D eigenvalue weighted by atomic mass is 32.1. The lowest BCUT2D eigenvalue weighted by atomic mass is 10.5. The van der Waals surface area contributed by atoms with Crippen LogP contribution >= 0.6 is 22.7 Å². The number of aromatic nitrogens is 2. The van der Waals surface area contributed by atoms with Gasteiger partial charge in [0.1, 0.15) is 0 Å². The average Bonchev–Trinajstić information content (AvgIpc) is 2.71. The summed E-state index contributed by atoms with van der Waals surface area (Å²) in [5.74, 6) is 0. The molecule has 0 aliphatic carbocycles. The van der Waals surface area contributed by atoms with Crippen molar-refractivity contribution in [2.45, 2.75) is 13.3 Å². The number of thiazole rings is 2. The van der Waals surface area contributed by atoms with Gasteiger partial charge in [-0.2, -0.15) is 0 Å². The van der Waals surface area contributed by atoms with Gasteiger partial charge in [-0.15, -0.1) is 11.3 Å². The summed E-state index contributed by atoms with van der Waals surface area (Å²) in [6.45, 7) is 2.10. The van der Waals surface area contributed by atoms with Crippen LogP contribution in [0.25, 0.3) is 9.75 Å². The van der Waals surface area contributed by atoms with Crippen molar-refractivity contribution in [3.63, 3.8) is 0 Å². The van der Waals surface area contributed by atoms with Gasteiger partial charge in [0.2, 0.25) is 0 Å². The molecular formula is C8H9N3S2. The Morgan fingerprint density at radius 2 is 1.92 bits per heavy atom. The zero-order valence-corrected chi connectivity index (χ0v) is 8.78. The molecule has 13 heavy (non-hydrogen) atoms. The second-order valence-electron chi connectivity index (χ2n) is 2.53. The second-order valence-corrected chi connectivity index (χ2v) is 4.71. The van der Waals surface area contributed by atoms with Gasteiger partial charge in [0.15, 0.2) is 5.13 Å². The van der Waals surface area contributed by atoms with E-state index in [2.05, 4.69) is 16.9 Å². The first kappa shape index (κ1) is 8.65. The first-order valence-corrected chi connectivity index (χ1v) is 5.59. The van der Waals surface area contributed by atoms with E-state index in [1.54, 1.807) is 17.5 Å². The van der Waals surface area contributed by atoms with Crippen LogP contribution in [0.2, 0.25) is 0 Å². The number of nitrogens with zero attached hydrogens (tertiary/aromatic N) is 2. The van der Waals surface area contributed by atoms with Crippen LogP contribution in [-0.4, -0.2) is 9.97 Å². The summed E-state index contributed by atoms with van der Waals surface area (Å²) in [5, 5.41) is 1.77. The summed E-state index contributed by atoms with van der Waals surface area (Å²) in [7, 11) is 0. The van der Waals surface area contributed by atoms with Crippen LogP contribution in [0.15, 0.2) is 12.4 Å². The fourth-order valence-corrected chi connectivity index (χ4v) is 2.59. The molecule has 0 atom stereocenters. The van der Waals surface area contributed by atoms with Crippen molar-refractivity contribution in [2.24, 2.45) is 0 Å². The van der Waals surface area contributed by atoms with Gasteiger partial charge < -0.3 is 5.73 Å². The number of hydrogen-bond donors (Lipinski definition) is 1. The van der Waals surface area contributed by atoms with Gasteiger partial charge in [0, 0.05) is 12.4 Å². The summed E-state index contributed by atoms with van der Waals surface area (Å²) in [5.41, 5.74) is 5.55. The molecule has 2 aromatic heterocycles. The summed E-state index contributed by atoms with van der Waals surface area (Å²) < 4.78 is 0. The zero-order valence-electron chi connectivity index (χ0n) is 7.15. The topological polar surface area (TPSA) is 51.8 Å². The molecule has 2 rings (SSSR count). The lowest BCUT2D eigenvalue weighted by Crippen LogP contribution is -1.77. The molecule has 5 heteroatoms. The van der Waals surface area contributed by atoms with Gasteiger partial charge in [-0.25, -0.2) is 9.97 Å². The van der Waals surface area contributed by atoms with E-state index in [9.17, 15) is 0 Å². The quantitative estimate of drug-likeness (QED) is 0.830. The number of rotatable bonds is 2. The molecule has 0 spiro atoms. The minimum Gasteiger partial charge on any atom is -0.375 e. The fraction of sp³-hybridized carbons (Fsp3) is 0.250. The Kier molecular flexibility index (Phi) is 2.28. The molecule has 0 fully saturated rings. The van der Waals surface area contributed by atoms with Gasteiger partial charge in [0.25, 0.3) is 0 Å². The standard InChI is InChI=1S/C8H9N3S2/c1-2-7-10-3-5(12-7)6-4-11-8(9)13-6/h3-4H,2H2,1H3,(H2,9,11). The molecule has 2 N–H and O–H groups in total. The van der Waals surface area contributed by atoms with E-state index < -0.39 is 0 Å². The second kappa shape index (κ2) is 3.43. The highest BCUT2D eigenvalue weighted by molar-refractivity contribution is 7.23. The average molecular weight is 211 g/mol. The predicted molar refractivity (Wildman–Crippen MR) is 57.0 cm³/mol. The summed E-state index contributed by atoms with van der Waals surface area (Å²) in [6.07, 6.45) is 4.67. The SMILES string of the molecule is CCc1ncc(-c2cnc(N)s2)s1. The molecule has 2 heterocycles. The minimum absolute atomic E-state index is 0.612. The summed E-state index contributed by atoms with van der Waals surface area (Å²) in [6, 6.07) is 0. The molecule has 0 saturated carbocycles. The molecule has 0 amide bonds. The Bertz CT molecular complexity index is 405. The van der Waals surface area contributed by atoms with E-state index in [1.165, 1.54) is 11.3 Å². The molecular weight excluding hydrogens is 202 g/mol. The monoisotopic (exact) mass is 211 g/mol. The number of hydrogen-bond acceptors (Lipinski definition) is 5. The highest BCUT2D eigenvalue weighted by Crippen LogP contribution is 2.31. The normalized spacial score (nSPS) is 10.5. The van der Waals surface area contributed by atoms with Crippen molar-refractivity contribution in [3.05, 3.63) is 17.4 Å². The maximum atomic E-state index is 5.55. The molecule has 68 valence electrons. The van der Waals surface area contributed by atoms with E-state index in [0.717, 1.165) is 21.2 Å². The lowest BCUT2D eigenvalue weighted by Gasteiger charge is -1.84. The van der Waals surface area contributed by atoms with E-state index >= 15 is 0 Å². The fourth-order valence-electron chi connectivity index (χ4n) is 0.989. The zero-order chi connectivity index (χ0) is 9.26. The molecule has 0 aromatic carbocycles. The van der Waals surface area contributed by atoms with Crippen LogP contribution in [0.1, 0.15) is 11.9 Å². The van der Waals surface area contributed by atoms with Crippen molar-refractivity contribution in [1.29, 1.82) is 0 Å². The summed E-state index contributed by atoms with van der Waals surface area (Å²) in [4.78, 5) is 10.5. The smallest absolute Gasteiger partial charge is 0.180 e. The van der Waals surface area contributed by atoms with Crippen LogP contribution in [0.4, 0.5) is 5.13 Å². The number of nitrogens with two attached hydrogens (primary N) is 1. The van der Waals surface area contributed by atoms with Gasteiger partial charge in [-0.05, 0) is 6.42 Å². The molecule has 0 aliphatic rings. The van der Waals surface area contributed by atoms with E-state index in [4.69, 9.17) is 5.73 Å². The summed E-state index contributed by atoms with van der Waals surface area (Å²) >= 11 is 3.20.